The first-order chi connectivity index (χ1) is 20.6. The minimum Gasteiger partial charge on any atom is -0.364 e. The number of carbonyl (C=O) groups is 1. The summed E-state index contributed by atoms with van der Waals surface area (Å²) in [5.74, 6) is -0.234. The van der Waals surface area contributed by atoms with Gasteiger partial charge in [0, 0.05) is 24.7 Å². The van der Waals surface area contributed by atoms with Gasteiger partial charge in [0.25, 0.3) is 0 Å². The van der Waals surface area contributed by atoms with Gasteiger partial charge in [0.1, 0.15) is 28.7 Å². The monoisotopic (exact) mass is 610 g/mol. The molecule has 4 aromatic rings. The van der Waals surface area contributed by atoms with Crippen molar-refractivity contribution in [2.24, 2.45) is 0 Å². The van der Waals surface area contributed by atoms with Crippen LogP contribution in [-0.2, 0) is 28.5 Å². The lowest BCUT2D eigenvalue weighted by Gasteiger charge is -2.23. The van der Waals surface area contributed by atoms with Crippen LogP contribution < -0.4 is 10.6 Å². The molecule has 2 heterocycles. The highest BCUT2D eigenvalue weighted by Gasteiger charge is 2.35. The van der Waals surface area contributed by atoms with Crippen molar-refractivity contribution in [3.63, 3.8) is 0 Å². The van der Waals surface area contributed by atoms with Crippen LogP contribution in [0.15, 0.2) is 95.9 Å². The Kier molecular flexibility index (Phi) is 9.22. The summed E-state index contributed by atoms with van der Waals surface area (Å²) < 4.78 is 67.5. The fourth-order valence-electron chi connectivity index (χ4n) is 4.98. The Bertz CT molecular complexity index is 1580. The highest BCUT2D eigenvalue weighted by Crippen LogP contribution is 2.32. The van der Waals surface area contributed by atoms with Gasteiger partial charge in [-0.05, 0) is 79.4 Å². The Labute approximate surface area is 249 Å². The van der Waals surface area contributed by atoms with E-state index in [1.807, 2.05) is 37.3 Å². The minimum atomic E-state index is -4.45. The van der Waals surface area contributed by atoms with Crippen molar-refractivity contribution >= 4 is 22.7 Å². The van der Waals surface area contributed by atoms with E-state index in [9.17, 15) is 26.6 Å². The second kappa shape index (κ2) is 13.0. The molecule has 1 saturated heterocycles. The van der Waals surface area contributed by atoms with Crippen LogP contribution in [0.4, 0.5) is 23.4 Å². The van der Waals surface area contributed by atoms with Crippen molar-refractivity contribution in [2.45, 2.75) is 49.5 Å². The maximum absolute atomic E-state index is 13.3. The number of aromatic nitrogens is 1. The molecule has 0 spiro atoms. The number of pyridine rings is 1. The lowest BCUT2D eigenvalue weighted by Crippen LogP contribution is -2.43. The average molecular weight is 611 g/mol. The quantitative estimate of drug-likeness (QED) is 0.203. The average Bonchev–Trinajstić information content (AvgIpc) is 3.50. The molecule has 224 valence electrons. The van der Waals surface area contributed by atoms with Gasteiger partial charge >= 0.3 is 6.18 Å². The van der Waals surface area contributed by atoms with Crippen molar-refractivity contribution in [3.8, 4) is 11.3 Å². The van der Waals surface area contributed by atoms with Gasteiger partial charge in [0.15, 0.2) is 0 Å². The Morgan fingerprint density at radius 1 is 1.02 bits per heavy atom. The van der Waals surface area contributed by atoms with Crippen LogP contribution >= 0.6 is 0 Å². The van der Waals surface area contributed by atoms with E-state index >= 15 is 0 Å². The number of halogens is 4. The number of nitrogens with one attached hydrogen (secondary N) is 2. The molecule has 1 amide bonds. The lowest BCUT2D eigenvalue weighted by atomic mass is 10.1. The first-order valence-corrected chi connectivity index (χ1v) is 14.9. The van der Waals surface area contributed by atoms with Crippen LogP contribution in [-0.4, -0.2) is 32.0 Å². The highest BCUT2D eigenvalue weighted by molar-refractivity contribution is 7.82. The Hall–Kier alpha value is -4.09. The molecule has 43 heavy (non-hydrogen) atoms. The third-order valence-corrected chi connectivity index (χ3v) is 8.80. The Balaban J connectivity index is 1.36. The molecule has 1 aliphatic heterocycles. The zero-order valence-electron chi connectivity index (χ0n) is 23.3. The molecule has 5 rings (SSSR count). The predicted octanol–water partition coefficient (Wildman–Crippen LogP) is 6.88. The molecule has 0 saturated carbocycles. The van der Waals surface area contributed by atoms with E-state index in [-0.39, 0.29) is 18.5 Å². The molecule has 3 atom stereocenters. The van der Waals surface area contributed by atoms with Gasteiger partial charge < -0.3 is 10.6 Å². The van der Waals surface area contributed by atoms with Gasteiger partial charge in [-0.15, -0.1) is 0 Å². The van der Waals surface area contributed by atoms with Crippen LogP contribution in [0.3, 0.4) is 0 Å². The van der Waals surface area contributed by atoms with E-state index < -0.39 is 34.6 Å². The summed E-state index contributed by atoms with van der Waals surface area (Å²) in [6, 6.07) is 22.6. The number of hydrogen-bond donors (Lipinski definition) is 2. The number of hydrogen-bond acceptors (Lipinski definition) is 4. The first kappa shape index (κ1) is 30.4. The largest absolute Gasteiger partial charge is 0.416 e. The number of alkyl halides is 3. The Morgan fingerprint density at radius 2 is 1.72 bits per heavy atom. The maximum Gasteiger partial charge on any atom is 0.416 e. The summed E-state index contributed by atoms with van der Waals surface area (Å²) in [7, 11) is -1.63. The SMILES string of the molecule is CC(Nc1cc(CNC(=O)C2CCCN2S(=O)c2ccc(F)cc2)cc(-c2ccc(C(F)(F)F)cc2)n1)c1ccccc1. The fourth-order valence-corrected chi connectivity index (χ4v) is 6.35. The van der Waals surface area contributed by atoms with E-state index in [1.54, 1.807) is 16.4 Å². The first-order valence-electron chi connectivity index (χ1n) is 13.8. The summed E-state index contributed by atoms with van der Waals surface area (Å²) in [4.78, 5) is 18.3. The summed E-state index contributed by atoms with van der Waals surface area (Å²) in [5.41, 5.74) is 1.89. The zero-order chi connectivity index (χ0) is 30.6. The van der Waals surface area contributed by atoms with Gasteiger partial charge in [0.05, 0.1) is 16.2 Å². The number of benzene rings is 3. The molecule has 6 nitrogen and oxygen atoms in total. The van der Waals surface area contributed by atoms with Crippen LogP contribution in [0.1, 0.15) is 42.5 Å². The van der Waals surface area contributed by atoms with Crippen molar-refractivity contribution in [3.05, 3.63) is 114 Å². The lowest BCUT2D eigenvalue weighted by molar-refractivity contribution is -0.137. The van der Waals surface area contributed by atoms with Crippen LogP contribution in [0, 0.1) is 5.82 Å². The molecule has 1 aromatic heterocycles. The number of amides is 1. The topological polar surface area (TPSA) is 74.3 Å². The molecular formula is C32H30F4N4O2S. The molecule has 0 aliphatic carbocycles. The molecule has 0 radical (unpaired) electrons. The van der Waals surface area contributed by atoms with E-state index in [0.29, 0.717) is 46.9 Å². The molecule has 1 aliphatic rings. The highest BCUT2D eigenvalue weighted by atomic mass is 32.2. The molecule has 3 unspecified atom stereocenters. The van der Waals surface area contributed by atoms with Crippen LogP contribution in [0.5, 0.6) is 0 Å². The maximum atomic E-state index is 13.3. The number of rotatable bonds is 9. The van der Waals surface area contributed by atoms with Gasteiger partial charge in [-0.25, -0.2) is 17.9 Å². The molecule has 3 aromatic carbocycles. The molecule has 2 N–H and O–H groups in total. The van der Waals surface area contributed by atoms with Crippen molar-refractivity contribution < 1.29 is 26.6 Å². The third kappa shape index (κ3) is 7.47. The third-order valence-electron chi connectivity index (χ3n) is 7.26. The summed E-state index contributed by atoms with van der Waals surface area (Å²) in [6.45, 7) is 2.55. The molecule has 11 heteroatoms. The van der Waals surface area contributed by atoms with Crippen molar-refractivity contribution in [1.82, 2.24) is 14.6 Å². The van der Waals surface area contributed by atoms with E-state index in [2.05, 4.69) is 15.6 Å². The summed E-state index contributed by atoms with van der Waals surface area (Å²) in [6.07, 6.45) is -3.25. The van der Waals surface area contributed by atoms with Gasteiger partial charge in [-0.3, -0.25) is 4.79 Å². The van der Waals surface area contributed by atoms with Gasteiger partial charge in [-0.2, -0.15) is 13.2 Å². The molecule has 1 fully saturated rings. The van der Waals surface area contributed by atoms with Crippen LogP contribution in [0.25, 0.3) is 11.3 Å². The molecule has 0 bridgehead atoms. The fraction of sp³-hybridized carbons (Fsp3) is 0.250. The van der Waals surface area contributed by atoms with Crippen molar-refractivity contribution in [2.75, 3.05) is 11.9 Å². The predicted molar refractivity (Wildman–Crippen MR) is 158 cm³/mol. The summed E-state index contributed by atoms with van der Waals surface area (Å²) >= 11 is 0. The summed E-state index contributed by atoms with van der Waals surface area (Å²) in [5, 5.41) is 6.28. The normalized spacial score (nSPS) is 16.9. The number of nitrogens with zero attached hydrogens (tertiary/aromatic N) is 2. The van der Waals surface area contributed by atoms with Gasteiger partial charge in [-0.1, -0.05) is 42.5 Å². The van der Waals surface area contributed by atoms with Crippen LogP contribution in [0.2, 0.25) is 0 Å². The van der Waals surface area contributed by atoms with Crippen molar-refractivity contribution in [1.29, 1.82) is 0 Å². The Morgan fingerprint density at radius 3 is 2.40 bits per heavy atom. The zero-order valence-corrected chi connectivity index (χ0v) is 24.1. The minimum absolute atomic E-state index is 0.118. The number of anilines is 1. The molecular weight excluding hydrogens is 580 g/mol. The smallest absolute Gasteiger partial charge is 0.364 e. The second-order valence-electron chi connectivity index (χ2n) is 10.3. The standard InChI is InChI=1S/C32H30F4N4O2S/c1-21(23-6-3-2-4-7-23)38-30-19-22(18-28(39-30)24-9-11-25(12-10-24)32(34,35)36)20-37-31(41)29-8-5-17-40(29)43(42)27-15-13-26(33)14-16-27/h2-4,6-7,9-16,18-19,21,29H,5,8,17,20H2,1H3,(H,37,41)(H,38,39). The van der Waals surface area contributed by atoms with E-state index in [1.165, 1.54) is 36.4 Å². The second-order valence-corrected chi connectivity index (χ2v) is 11.8. The number of carbonyl (C=O) groups excluding carboxylic acids is 1. The van der Waals surface area contributed by atoms with Gasteiger partial charge in [0.2, 0.25) is 5.91 Å². The van der Waals surface area contributed by atoms with E-state index in [0.717, 1.165) is 17.7 Å². The van der Waals surface area contributed by atoms with E-state index in [4.69, 9.17) is 0 Å².